The molecule has 0 fully saturated rings. The van der Waals surface area contributed by atoms with E-state index in [2.05, 4.69) is 30.1 Å². The molecule has 0 bridgehead atoms. The van der Waals surface area contributed by atoms with Gasteiger partial charge in [0.1, 0.15) is 0 Å². The lowest BCUT2D eigenvalue weighted by atomic mass is 10.3. The van der Waals surface area contributed by atoms with E-state index in [9.17, 15) is 0 Å². The van der Waals surface area contributed by atoms with Crippen molar-refractivity contribution in [2.45, 2.75) is 0 Å². The number of nitrogens with zero attached hydrogens (tertiary/aromatic N) is 5. The van der Waals surface area contributed by atoms with Crippen molar-refractivity contribution in [2.24, 2.45) is 15.9 Å². The second-order valence-electron chi connectivity index (χ2n) is 3.01. The van der Waals surface area contributed by atoms with Gasteiger partial charge in [-0.25, -0.2) is 4.63 Å². The van der Waals surface area contributed by atoms with Crippen LogP contribution in [0.4, 0.5) is 5.82 Å². The van der Waals surface area contributed by atoms with Gasteiger partial charge in [-0.05, 0) is 28.0 Å². The van der Waals surface area contributed by atoms with Crippen LogP contribution in [0.2, 0.25) is 0 Å². The van der Waals surface area contributed by atoms with Crippen LogP contribution in [0, 0.1) is 0 Å². The van der Waals surface area contributed by atoms with Gasteiger partial charge in [0.05, 0.1) is 6.21 Å². The van der Waals surface area contributed by atoms with E-state index in [0.29, 0.717) is 0 Å². The largest absolute Gasteiger partial charge is 0.380 e. The molecule has 0 atom stereocenters. The molecule has 0 saturated heterocycles. The van der Waals surface area contributed by atoms with Crippen LogP contribution in [0.25, 0.3) is 0 Å². The van der Waals surface area contributed by atoms with Crippen LogP contribution in [0.5, 0.6) is 0 Å². The molecule has 2 aromatic rings. The Balaban J connectivity index is 2.11. The summed E-state index contributed by atoms with van der Waals surface area (Å²) in [6.07, 6.45) is 4.82. The molecule has 0 aliphatic rings. The summed E-state index contributed by atoms with van der Waals surface area (Å²) >= 11 is 0. The lowest BCUT2D eigenvalue weighted by Crippen LogP contribution is -2.15. The fraction of sp³-hybridized carbons (Fsp3) is 0. The number of rotatable bonds is 3. The Kier molecular flexibility index (Phi) is 3.05. The molecule has 8 nitrogen and oxygen atoms in total. The van der Waals surface area contributed by atoms with Crippen molar-refractivity contribution in [3.05, 3.63) is 35.8 Å². The summed E-state index contributed by atoms with van der Waals surface area (Å²) < 4.78 is 4.39. The first-order valence-corrected chi connectivity index (χ1v) is 4.62. The van der Waals surface area contributed by atoms with Gasteiger partial charge >= 0.3 is 0 Å². The highest BCUT2D eigenvalue weighted by Crippen LogP contribution is 2.03. The molecule has 86 valence electrons. The van der Waals surface area contributed by atoms with Gasteiger partial charge in [-0.2, -0.15) is 5.10 Å². The minimum atomic E-state index is 0.0362. The van der Waals surface area contributed by atoms with Crippen LogP contribution >= 0.6 is 0 Å². The monoisotopic (exact) mass is 231 g/mol. The number of anilines is 1. The van der Waals surface area contributed by atoms with Gasteiger partial charge in [0.2, 0.25) is 0 Å². The fourth-order valence-electron chi connectivity index (χ4n) is 1.03. The number of pyridine rings is 1. The Morgan fingerprint density at radius 2 is 2.06 bits per heavy atom. The van der Waals surface area contributed by atoms with E-state index in [1.54, 1.807) is 24.5 Å². The number of nitrogen functional groups attached to an aromatic ring is 1. The second-order valence-corrected chi connectivity index (χ2v) is 3.01. The third-order valence-electron chi connectivity index (χ3n) is 1.83. The zero-order valence-electron chi connectivity index (χ0n) is 8.69. The van der Waals surface area contributed by atoms with Gasteiger partial charge in [0, 0.05) is 12.4 Å². The van der Waals surface area contributed by atoms with E-state index in [-0.39, 0.29) is 17.3 Å². The van der Waals surface area contributed by atoms with Crippen LogP contribution in [0.3, 0.4) is 0 Å². The van der Waals surface area contributed by atoms with Crippen LogP contribution in [-0.4, -0.2) is 27.3 Å². The summed E-state index contributed by atoms with van der Waals surface area (Å²) in [5.74, 6) is 0.111. The maximum Gasteiger partial charge on any atom is 0.199 e. The molecule has 0 aliphatic carbocycles. The van der Waals surface area contributed by atoms with E-state index in [1.165, 1.54) is 6.21 Å². The number of nitrogens with two attached hydrogens (primary N) is 2. The standard InChI is InChI=1S/C9H9N7O/c10-8(7-9(11)16-17-15-7)14-13-5-6-1-3-12-4-2-6/h1-5H,(H2,10,14)(H2,11,16). The number of hydrogen-bond acceptors (Lipinski definition) is 7. The smallest absolute Gasteiger partial charge is 0.199 e. The van der Waals surface area contributed by atoms with Crippen molar-refractivity contribution in [1.82, 2.24) is 15.3 Å². The predicted molar refractivity (Wildman–Crippen MR) is 61.3 cm³/mol. The molecule has 0 radical (unpaired) electrons. The zero-order valence-corrected chi connectivity index (χ0v) is 8.69. The van der Waals surface area contributed by atoms with Gasteiger partial charge in [-0.1, -0.05) is 0 Å². The number of amidine groups is 1. The average molecular weight is 231 g/mol. The summed E-state index contributed by atoms with van der Waals surface area (Å²) in [6.45, 7) is 0. The normalized spacial score (nSPS) is 12.1. The maximum atomic E-state index is 5.59. The molecule has 8 heteroatoms. The van der Waals surface area contributed by atoms with E-state index in [1.807, 2.05) is 0 Å². The first-order valence-electron chi connectivity index (χ1n) is 4.62. The molecule has 0 amide bonds. The maximum absolute atomic E-state index is 5.59. The van der Waals surface area contributed by atoms with E-state index >= 15 is 0 Å². The first kappa shape index (κ1) is 10.7. The summed E-state index contributed by atoms with van der Waals surface area (Å²) in [6, 6.07) is 3.56. The van der Waals surface area contributed by atoms with Gasteiger partial charge in [0.25, 0.3) is 0 Å². The molecule has 17 heavy (non-hydrogen) atoms. The lowest BCUT2D eigenvalue weighted by Gasteiger charge is -1.91. The SMILES string of the molecule is N/C(=N\N=Cc1ccncc1)c1nonc1N. The molecule has 2 heterocycles. The van der Waals surface area contributed by atoms with E-state index in [4.69, 9.17) is 11.5 Å². The second kappa shape index (κ2) is 4.84. The van der Waals surface area contributed by atoms with Crippen LogP contribution < -0.4 is 11.5 Å². The lowest BCUT2D eigenvalue weighted by molar-refractivity contribution is 0.308. The average Bonchev–Trinajstić information content (AvgIpc) is 2.77. The molecule has 0 saturated carbocycles. The van der Waals surface area contributed by atoms with Crippen molar-refractivity contribution < 1.29 is 4.63 Å². The molecule has 0 aliphatic heterocycles. The van der Waals surface area contributed by atoms with Gasteiger partial charge in [-0.15, -0.1) is 5.10 Å². The van der Waals surface area contributed by atoms with Crippen LogP contribution in [-0.2, 0) is 0 Å². The van der Waals surface area contributed by atoms with Crippen molar-refractivity contribution in [1.29, 1.82) is 0 Å². The molecule has 2 rings (SSSR count). The minimum Gasteiger partial charge on any atom is -0.380 e. The van der Waals surface area contributed by atoms with E-state index in [0.717, 1.165) is 5.56 Å². The molecule has 4 N–H and O–H groups in total. The van der Waals surface area contributed by atoms with Crippen LogP contribution in [0.15, 0.2) is 39.4 Å². The summed E-state index contributed by atoms with van der Waals surface area (Å²) in [4.78, 5) is 3.87. The van der Waals surface area contributed by atoms with Crippen molar-refractivity contribution in [3.8, 4) is 0 Å². The molecule has 0 aromatic carbocycles. The minimum absolute atomic E-state index is 0.0362. The van der Waals surface area contributed by atoms with Gasteiger partial charge in [0.15, 0.2) is 17.3 Å². The summed E-state index contributed by atoms with van der Waals surface area (Å²) in [5, 5.41) is 14.4. The molecule has 2 aromatic heterocycles. The molecular weight excluding hydrogens is 222 g/mol. The number of hydrogen-bond donors (Lipinski definition) is 2. The quantitative estimate of drug-likeness (QED) is 0.427. The number of aromatic nitrogens is 3. The highest BCUT2D eigenvalue weighted by atomic mass is 16.6. The first-order chi connectivity index (χ1) is 8.27. The van der Waals surface area contributed by atoms with Gasteiger partial charge in [-0.3, -0.25) is 4.98 Å². The molecule has 0 spiro atoms. The van der Waals surface area contributed by atoms with Crippen molar-refractivity contribution >= 4 is 17.9 Å². The fourth-order valence-corrected chi connectivity index (χ4v) is 1.03. The molecule has 0 unspecified atom stereocenters. The Labute approximate surface area is 96.0 Å². The van der Waals surface area contributed by atoms with Crippen LogP contribution in [0.1, 0.15) is 11.3 Å². The summed E-state index contributed by atoms with van der Waals surface area (Å²) in [7, 11) is 0. The Bertz CT molecular complexity index is 545. The third kappa shape index (κ3) is 2.62. The third-order valence-corrected chi connectivity index (χ3v) is 1.83. The topological polar surface area (TPSA) is 129 Å². The van der Waals surface area contributed by atoms with E-state index < -0.39 is 0 Å². The Morgan fingerprint density at radius 1 is 1.29 bits per heavy atom. The van der Waals surface area contributed by atoms with Gasteiger partial charge < -0.3 is 11.5 Å². The van der Waals surface area contributed by atoms with Crippen molar-refractivity contribution in [2.75, 3.05) is 5.73 Å². The highest BCUT2D eigenvalue weighted by molar-refractivity contribution is 5.99. The zero-order chi connectivity index (χ0) is 12.1. The summed E-state index contributed by atoms with van der Waals surface area (Å²) in [5.41, 5.74) is 12.0. The highest BCUT2D eigenvalue weighted by Gasteiger charge is 2.09. The molecular formula is C9H9N7O. The predicted octanol–water partition coefficient (Wildman–Crippen LogP) is -0.214. The van der Waals surface area contributed by atoms with Crippen molar-refractivity contribution in [3.63, 3.8) is 0 Å². The Hall–Kier alpha value is -2.77. The Morgan fingerprint density at radius 3 is 2.71 bits per heavy atom.